The molecule has 0 aromatic carbocycles. The molecule has 19 heavy (non-hydrogen) atoms. The minimum Gasteiger partial charge on any atom is -0.400 e. The summed E-state index contributed by atoms with van der Waals surface area (Å²) in [6.07, 6.45) is 1.20. The third-order valence-corrected chi connectivity index (χ3v) is 2.02. The van der Waals surface area contributed by atoms with Crippen LogP contribution >= 0.6 is 0 Å². The van der Waals surface area contributed by atoms with Gasteiger partial charge in [0.2, 0.25) is 5.95 Å². The van der Waals surface area contributed by atoms with Crippen LogP contribution in [0.25, 0.3) is 0 Å². The lowest BCUT2D eigenvalue weighted by Gasteiger charge is -1.96. The lowest BCUT2D eigenvalue weighted by molar-refractivity contribution is -0.402. The van der Waals surface area contributed by atoms with Gasteiger partial charge in [-0.3, -0.25) is 19.9 Å². The zero-order valence-electron chi connectivity index (χ0n) is 9.65. The zero-order valence-corrected chi connectivity index (χ0v) is 9.65. The van der Waals surface area contributed by atoms with E-state index in [2.05, 4.69) is 25.7 Å². The molecule has 0 unspecified atom stereocenters. The molecule has 0 aliphatic heterocycles. The fourth-order valence-electron chi connectivity index (χ4n) is 1.11. The molecule has 0 fully saturated rings. The Morgan fingerprint density at radius 2 is 2.32 bits per heavy atom. The number of aryl methyl sites for hydroxylation is 1. The van der Waals surface area contributed by atoms with Gasteiger partial charge in [-0.1, -0.05) is 0 Å². The van der Waals surface area contributed by atoms with E-state index in [9.17, 15) is 14.9 Å². The van der Waals surface area contributed by atoms with E-state index < -0.39 is 4.92 Å². The molecule has 0 aliphatic rings. The van der Waals surface area contributed by atoms with Crippen molar-refractivity contribution in [2.24, 2.45) is 5.10 Å². The predicted molar refractivity (Wildman–Crippen MR) is 64.0 cm³/mol. The Balaban J connectivity index is 2.04. The van der Waals surface area contributed by atoms with E-state index in [-0.39, 0.29) is 28.8 Å². The highest BCUT2D eigenvalue weighted by Gasteiger charge is 2.10. The Hall–Kier alpha value is -3.04. The Labute approximate surface area is 105 Å². The Morgan fingerprint density at radius 1 is 1.53 bits per heavy atom. The van der Waals surface area contributed by atoms with Crippen LogP contribution in [0.4, 0.5) is 11.8 Å². The fraction of sp³-hybridized carbons (Fsp3) is 0.111. The summed E-state index contributed by atoms with van der Waals surface area (Å²) in [4.78, 5) is 23.3. The molecular formula is C9H8N6O4. The van der Waals surface area contributed by atoms with Crippen LogP contribution < -0.4 is 11.0 Å². The summed E-state index contributed by atoms with van der Waals surface area (Å²) in [5.74, 6) is -0.153. The first-order valence-corrected chi connectivity index (χ1v) is 5.03. The van der Waals surface area contributed by atoms with Crippen LogP contribution in [0.2, 0.25) is 0 Å². The highest BCUT2D eigenvalue weighted by atomic mass is 16.6. The van der Waals surface area contributed by atoms with Crippen molar-refractivity contribution in [3.8, 4) is 0 Å². The molecule has 2 N–H and O–H groups in total. The number of aromatic amines is 1. The van der Waals surface area contributed by atoms with Gasteiger partial charge in [-0.2, -0.15) is 5.10 Å². The van der Waals surface area contributed by atoms with E-state index >= 15 is 0 Å². The molecule has 2 rings (SSSR count). The molecule has 10 heteroatoms. The fourth-order valence-corrected chi connectivity index (χ4v) is 1.11. The summed E-state index contributed by atoms with van der Waals surface area (Å²) in [6, 6.07) is 2.59. The number of hydrogen-bond donors (Lipinski definition) is 2. The van der Waals surface area contributed by atoms with Crippen molar-refractivity contribution < 1.29 is 9.34 Å². The Kier molecular flexibility index (Phi) is 3.32. The van der Waals surface area contributed by atoms with Gasteiger partial charge in [0, 0.05) is 0 Å². The molecule has 98 valence electrons. The first kappa shape index (κ1) is 12.4. The second-order valence-corrected chi connectivity index (χ2v) is 3.39. The van der Waals surface area contributed by atoms with Gasteiger partial charge < -0.3 is 4.42 Å². The van der Waals surface area contributed by atoms with Gasteiger partial charge in [-0.15, -0.1) is 10.2 Å². The Bertz CT molecular complexity index is 688. The Morgan fingerprint density at radius 3 is 2.95 bits per heavy atom. The van der Waals surface area contributed by atoms with Crippen molar-refractivity contribution in [2.45, 2.75) is 6.92 Å². The van der Waals surface area contributed by atoms with Crippen LogP contribution in [0.15, 0.2) is 26.4 Å². The molecule has 0 radical (unpaired) electrons. The maximum absolute atomic E-state index is 11.2. The van der Waals surface area contributed by atoms with Gasteiger partial charge >= 0.3 is 5.88 Å². The number of nitrogens with one attached hydrogen (secondary N) is 2. The molecular weight excluding hydrogens is 256 g/mol. The maximum Gasteiger partial charge on any atom is 0.433 e. The van der Waals surface area contributed by atoms with Crippen LogP contribution in [-0.2, 0) is 0 Å². The molecule has 2 aromatic rings. The topological polar surface area (TPSA) is 139 Å². The third kappa shape index (κ3) is 3.00. The van der Waals surface area contributed by atoms with Crippen LogP contribution in [-0.4, -0.2) is 26.3 Å². The van der Waals surface area contributed by atoms with Crippen molar-refractivity contribution in [1.82, 2.24) is 15.2 Å². The maximum atomic E-state index is 11.2. The lowest BCUT2D eigenvalue weighted by Crippen LogP contribution is -2.15. The number of anilines is 1. The van der Waals surface area contributed by atoms with Crippen LogP contribution in [0.5, 0.6) is 0 Å². The summed E-state index contributed by atoms with van der Waals surface area (Å²) in [7, 11) is 0. The number of hydrogen-bond acceptors (Lipinski definition) is 8. The summed E-state index contributed by atoms with van der Waals surface area (Å²) in [5.41, 5.74) is 2.26. The zero-order chi connectivity index (χ0) is 13.8. The molecule has 0 saturated heterocycles. The van der Waals surface area contributed by atoms with E-state index in [0.717, 1.165) is 0 Å². The molecule has 0 atom stereocenters. The molecule has 0 spiro atoms. The minimum atomic E-state index is -0.659. The number of nitro groups is 1. The summed E-state index contributed by atoms with van der Waals surface area (Å²) >= 11 is 0. The van der Waals surface area contributed by atoms with Crippen molar-refractivity contribution >= 4 is 18.0 Å². The van der Waals surface area contributed by atoms with Gasteiger partial charge in [0.05, 0.1) is 12.3 Å². The van der Waals surface area contributed by atoms with Crippen molar-refractivity contribution in [2.75, 3.05) is 5.43 Å². The third-order valence-electron chi connectivity index (χ3n) is 2.02. The minimum absolute atomic E-state index is 0.0490. The predicted octanol–water partition coefficient (Wildman–Crippen LogP) is 0.421. The normalized spacial score (nSPS) is 10.8. The number of nitrogens with zero attached hydrogens (tertiary/aromatic N) is 4. The summed E-state index contributed by atoms with van der Waals surface area (Å²) in [5, 5.41) is 21.3. The first-order valence-electron chi connectivity index (χ1n) is 5.03. The van der Waals surface area contributed by atoms with E-state index in [0.29, 0.717) is 0 Å². The van der Waals surface area contributed by atoms with Crippen molar-refractivity contribution in [3.05, 3.63) is 44.1 Å². The van der Waals surface area contributed by atoms with E-state index in [1.807, 2.05) is 0 Å². The highest BCUT2D eigenvalue weighted by molar-refractivity contribution is 5.76. The van der Waals surface area contributed by atoms with Crippen LogP contribution in [0.1, 0.15) is 11.5 Å². The number of rotatable bonds is 4. The van der Waals surface area contributed by atoms with E-state index in [1.54, 1.807) is 0 Å². The summed E-state index contributed by atoms with van der Waals surface area (Å²) < 4.78 is 4.83. The molecule has 0 amide bonds. The molecule has 0 aliphatic carbocycles. The molecule has 2 heterocycles. The molecule has 2 aromatic heterocycles. The standard InChI is InChI=1S/C9H8N6O4/c1-5-8(16)11-9(14-12-5)13-10-4-6-2-3-7(19-6)15(17)18/h2-4H,1H3,(H2,11,13,14,16)/b10-4+. The quantitative estimate of drug-likeness (QED) is 0.463. The number of hydrazone groups is 1. The van der Waals surface area contributed by atoms with Gasteiger partial charge in [-0.25, -0.2) is 5.43 Å². The second-order valence-electron chi connectivity index (χ2n) is 3.39. The second kappa shape index (κ2) is 5.08. The van der Waals surface area contributed by atoms with Crippen molar-refractivity contribution in [3.63, 3.8) is 0 Å². The number of H-pyrrole nitrogens is 1. The van der Waals surface area contributed by atoms with Gasteiger partial charge in [0.25, 0.3) is 5.56 Å². The summed E-state index contributed by atoms with van der Waals surface area (Å²) in [6.45, 7) is 1.51. The van der Waals surface area contributed by atoms with Gasteiger partial charge in [0.15, 0.2) is 5.76 Å². The number of aromatic nitrogens is 3. The largest absolute Gasteiger partial charge is 0.433 e. The molecule has 10 nitrogen and oxygen atoms in total. The van der Waals surface area contributed by atoms with Crippen LogP contribution in [0.3, 0.4) is 0 Å². The first-order chi connectivity index (χ1) is 9.06. The van der Waals surface area contributed by atoms with E-state index in [4.69, 9.17) is 4.42 Å². The highest BCUT2D eigenvalue weighted by Crippen LogP contribution is 2.13. The van der Waals surface area contributed by atoms with E-state index in [1.165, 1.54) is 25.3 Å². The molecule has 0 saturated carbocycles. The average Bonchev–Trinajstić information content (AvgIpc) is 2.83. The van der Waals surface area contributed by atoms with Crippen molar-refractivity contribution in [1.29, 1.82) is 0 Å². The lowest BCUT2D eigenvalue weighted by atomic mass is 10.5. The SMILES string of the molecule is Cc1nnc(N/N=C/c2ccc([N+](=O)[O-])o2)[nH]c1=O. The number of furan rings is 1. The van der Waals surface area contributed by atoms with Crippen LogP contribution in [0, 0.1) is 17.0 Å². The van der Waals surface area contributed by atoms with Gasteiger partial charge in [0.1, 0.15) is 10.6 Å². The van der Waals surface area contributed by atoms with Gasteiger partial charge in [-0.05, 0) is 13.0 Å². The smallest absolute Gasteiger partial charge is 0.400 e. The molecule has 0 bridgehead atoms. The average molecular weight is 264 g/mol. The monoisotopic (exact) mass is 264 g/mol.